The number of nitro benzene ring substituents is 1. The molecule has 0 heterocycles. The molecular weight excluding hydrogens is 378 g/mol. The van der Waals surface area contributed by atoms with Crippen LogP contribution in [0.4, 0.5) is 17.1 Å². The van der Waals surface area contributed by atoms with Crippen molar-refractivity contribution in [3.63, 3.8) is 0 Å². The maximum Gasteiger partial charge on any atom is 0.306 e. The van der Waals surface area contributed by atoms with Crippen molar-refractivity contribution in [1.82, 2.24) is 0 Å². The molecule has 0 saturated heterocycles. The Balaban J connectivity index is 1.74. The maximum atomic E-state index is 11.9. The monoisotopic (exact) mass is 399 g/mol. The van der Waals surface area contributed by atoms with E-state index in [1.807, 2.05) is 32.0 Å². The van der Waals surface area contributed by atoms with E-state index in [4.69, 9.17) is 4.74 Å². The zero-order chi connectivity index (χ0) is 21.4. The van der Waals surface area contributed by atoms with Gasteiger partial charge in [0.05, 0.1) is 11.3 Å². The van der Waals surface area contributed by atoms with E-state index in [0.717, 1.165) is 11.1 Å². The van der Waals surface area contributed by atoms with Gasteiger partial charge in [-0.3, -0.25) is 24.5 Å². The number of ether oxygens (including phenoxy) is 1. The molecule has 29 heavy (non-hydrogen) atoms. The normalized spacial score (nSPS) is 10.1. The first kappa shape index (κ1) is 21.5. The molecule has 0 bridgehead atoms. The van der Waals surface area contributed by atoms with Crippen LogP contribution in [0.2, 0.25) is 0 Å². The van der Waals surface area contributed by atoms with Gasteiger partial charge in [-0.2, -0.15) is 0 Å². The predicted molar refractivity (Wildman–Crippen MR) is 106 cm³/mol. The Bertz CT molecular complexity index is 942. The van der Waals surface area contributed by atoms with Gasteiger partial charge in [0.15, 0.2) is 6.61 Å². The summed E-state index contributed by atoms with van der Waals surface area (Å²) < 4.78 is 4.88. The standard InChI is InChI=1S/C20H21N3O6/c1-13-6-7-14(2)17(10-13)22-19(25)12-29-20(26)9-8-18(24)21-15-4-3-5-16(11-15)23(27)28/h3-7,10-11H,8-9,12H2,1-2H3,(H,21,24)(H,22,25). The predicted octanol–water partition coefficient (Wildman–Crippen LogP) is 3.11. The van der Waals surface area contributed by atoms with Gasteiger partial charge in [-0.05, 0) is 37.1 Å². The Morgan fingerprint density at radius 1 is 1.00 bits per heavy atom. The number of benzene rings is 2. The number of carbonyl (C=O) groups is 3. The minimum atomic E-state index is -0.699. The number of hydrogen-bond donors (Lipinski definition) is 2. The zero-order valence-electron chi connectivity index (χ0n) is 16.1. The summed E-state index contributed by atoms with van der Waals surface area (Å²) in [5.41, 5.74) is 2.61. The Hall–Kier alpha value is -3.75. The zero-order valence-corrected chi connectivity index (χ0v) is 16.1. The highest BCUT2D eigenvalue weighted by molar-refractivity contribution is 5.95. The fraction of sp³-hybridized carbons (Fsp3) is 0.250. The molecule has 2 N–H and O–H groups in total. The molecule has 0 unspecified atom stereocenters. The molecule has 0 atom stereocenters. The fourth-order valence-electron chi connectivity index (χ4n) is 2.41. The van der Waals surface area contributed by atoms with Crippen molar-refractivity contribution in [2.24, 2.45) is 0 Å². The molecule has 2 amide bonds. The number of hydrogen-bond acceptors (Lipinski definition) is 6. The Kier molecular flexibility index (Phi) is 7.41. The summed E-state index contributed by atoms with van der Waals surface area (Å²) in [6, 6.07) is 11.1. The average molecular weight is 399 g/mol. The van der Waals surface area contributed by atoms with E-state index in [1.165, 1.54) is 24.3 Å². The molecule has 9 nitrogen and oxygen atoms in total. The van der Waals surface area contributed by atoms with Crippen LogP contribution in [0.5, 0.6) is 0 Å². The molecule has 152 valence electrons. The highest BCUT2D eigenvalue weighted by Crippen LogP contribution is 2.18. The molecule has 0 aliphatic heterocycles. The highest BCUT2D eigenvalue weighted by atomic mass is 16.6. The van der Waals surface area contributed by atoms with E-state index in [1.54, 1.807) is 0 Å². The van der Waals surface area contributed by atoms with Crippen molar-refractivity contribution >= 4 is 34.8 Å². The summed E-state index contributed by atoms with van der Waals surface area (Å²) in [5.74, 6) is -1.68. The highest BCUT2D eigenvalue weighted by Gasteiger charge is 2.13. The van der Waals surface area contributed by atoms with E-state index in [2.05, 4.69) is 10.6 Å². The van der Waals surface area contributed by atoms with Gasteiger partial charge in [0.1, 0.15) is 0 Å². The lowest BCUT2D eigenvalue weighted by Gasteiger charge is -2.10. The van der Waals surface area contributed by atoms with E-state index in [9.17, 15) is 24.5 Å². The molecule has 2 aromatic rings. The van der Waals surface area contributed by atoms with Crippen molar-refractivity contribution in [3.05, 3.63) is 63.7 Å². The molecule has 0 aliphatic rings. The van der Waals surface area contributed by atoms with Crippen molar-refractivity contribution in [3.8, 4) is 0 Å². The second-order valence-corrected chi connectivity index (χ2v) is 6.38. The van der Waals surface area contributed by atoms with Gasteiger partial charge in [-0.25, -0.2) is 0 Å². The Morgan fingerprint density at radius 2 is 1.76 bits per heavy atom. The Morgan fingerprint density at radius 3 is 2.48 bits per heavy atom. The minimum absolute atomic E-state index is 0.155. The van der Waals surface area contributed by atoms with Gasteiger partial charge < -0.3 is 15.4 Å². The summed E-state index contributed by atoms with van der Waals surface area (Å²) >= 11 is 0. The number of rotatable bonds is 8. The minimum Gasteiger partial charge on any atom is -0.456 e. The van der Waals surface area contributed by atoms with Crippen molar-refractivity contribution < 1.29 is 24.0 Å². The number of carbonyl (C=O) groups excluding carboxylic acids is 3. The third kappa shape index (κ3) is 7.06. The van der Waals surface area contributed by atoms with Crippen LogP contribution in [0, 0.1) is 24.0 Å². The quantitative estimate of drug-likeness (QED) is 0.399. The number of amides is 2. The van der Waals surface area contributed by atoms with Crippen LogP contribution in [0.3, 0.4) is 0 Å². The van der Waals surface area contributed by atoms with Gasteiger partial charge in [0, 0.05) is 29.9 Å². The lowest BCUT2D eigenvalue weighted by Crippen LogP contribution is -2.22. The topological polar surface area (TPSA) is 128 Å². The molecule has 2 aromatic carbocycles. The van der Waals surface area contributed by atoms with Crippen LogP contribution in [0.15, 0.2) is 42.5 Å². The summed E-state index contributed by atoms with van der Waals surface area (Å²) in [4.78, 5) is 45.7. The van der Waals surface area contributed by atoms with E-state index < -0.39 is 29.3 Å². The molecular formula is C20H21N3O6. The average Bonchev–Trinajstić information content (AvgIpc) is 2.67. The summed E-state index contributed by atoms with van der Waals surface area (Å²) in [5, 5.41) is 15.9. The van der Waals surface area contributed by atoms with Crippen LogP contribution in [-0.2, 0) is 19.1 Å². The number of nitrogens with one attached hydrogen (secondary N) is 2. The van der Waals surface area contributed by atoms with Gasteiger partial charge >= 0.3 is 5.97 Å². The summed E-state index contributed by atoms with van der Waals surface area (Å²) in [6.45, 7) is 3.29. The molecule has 0 spiro atoms. The molecule has 0 aliphatic carbocycles. The molecule has 0 aromatic heterocycles. The number of aryl methyl sites for hydroxylation is 2. The molecule has 2 rings (SSSR count). The number of nitrogens with zero attached hydrogens (tertiary/aromatic N) is 1. The van der Waals surface area contributed by atoms with E-state index in [-0.39, 0.29) is 24.2 Å². The van der Waals surface area contributed by atoms with E-state index in [0.29, 0.717) is 5.69 Å². The first-order chi connectivity index (χ1) is 13.7. The number of anilines is 2. The van der Waals surface area contributed by atoms with Crippen molar-refractivity contribution in [2.45, 2.75) is 26.7 Å². The molecule has 9 heteroatoms. The maximum absolute atomic E-state index is 11.9. The van der Waals surface area contributed by atoms with Gasteiger partial charge in [-0.15, -0.1) is 0 Å². The summed E-state index contributed by atoms with van der Waals surface area (Å²) in [7, 11) is 0. The molecule has 0 saturated carbocycles. The molecule has 0 fully saturated rings. The largest absolute Gasteiger partial charge is 0.456 e. The lowest BCUT2D eigenvalue weighted by atomic mass is 10.1. The van der Waals surface area contributed by atoms with Crippen molar-refractivity contribution in [2.75, 3.05) is 17.2 Å². The third-order valence-corrected chi connectivity index (χ3v) is 3.93. The SMILES string of the molecule is Cc1ccc(C)c(NC(=O)COC(=O)CCC(=O)Nc2cccc([N+](=O)[O-])c2)c1. The van der Waals surface area contributed by atoms with Gasteiger partial charge in [0.2, 0.25) is 5.91 Å². The van der Waals surface area contributed by atoms with Gasteiger partial charge in [-0.1, -0.05) is 18.2 Å². The van der Waals surface area contributed by atoms with Crippen LogP contribution >= 0.6 is 0 Å². The van der Waals surface area contributed by atoms with Crippen molar-refractivity contribution in [1.29, 1.82) is 0 Å². The first-order valence-corrected chi connectivity index (χ1v) is 8.81. The van der Waals surface area contributed by atoms with Crippen LogP contribution in [0.1, 0.15) is 24.0 Å². The van der Waals surface area contributed by atoms with Crippen LogP contribution < -0.4 is 10.6 Å². The van der Waals surface area contributed by atoms with Gasteiger partial charge in [0.25, 0.3) is 11.6 Å². The fourth-order valence-corrected chi connectivity index (χ4v) is 2.41. The van der Waals surface area contributed by atoms with Crippen LogP contribution in [0.25, 0.3) is 0 Å². The Labute approximate surface area is 167 Å². The third-order valence-electron chi connectivity index (χ3n) is 3.93. The number of esters is 1. The second kappa shape index (κ2) is 9.98. The van der Waals surface area contributed by atoms with Crippen LogP contribution in [-0.4, -0.2) is 29.3 Å². The summed E-state index contributed by atoms with van der Waals surface area (Å²) in [6.07, 6.45) is -0.405. The second-order valence-electron chi connectivity index (χ2n) is 6.38. The first-order valence-electron chi connectivity index (χ1n) is 8.81. The molecule has 0 radical (unpaired) electrons. The number of nitro groups is 1. The lowest BCUT2D eigenvalue weighted by molar-refractivity contribution is -0.384. The number of non-ortho nitro benzene ring substituents is 1. The van der Waals surface area contributed by atoms with E-state index >= 15 is 0 Å². The smallest absolute Gasteiger partial charge is 0.306 e.